The summed E-state index contributed by atoms with van der Waals surface area (Å²) < 4.78 is 10.6. The lowest BCUT2D eigenvalue weighted by atomic mass is 10.1. The first kappa shape index (κ1) is 14.4. The molecule has 0 saturated carbocycles. The summed E-state index contributed by atoms with van der Waals surface area (Å²) in [6, 6.07) is 8.45. The predicted molar refractivity (Wildman–Crippen MR) is 76.0 cm³/mol. The van der Waals surface area contributed by atoms with Gasteiger partial charge in [-0.3, -0.25) is 4.79 Å². The number of hydrogen-bond donors (Lipinski definition) is 1. The number of nitrogens with one attached hydrogen (secondary N) is 1. The molecule has 0 aliphatic rings. The number of anilines is 1. The molecule has 2 rings (SSSR count). The smallest absolute Gasteiger partial charge is 0.269 e. The quantitative estimate of drug-likeness (QED) is 0.938. The molecule has 0 aliphatic heterocycles. The molecule has 6 heteroatoms. The molecule has 0 fully saturated rings. The minimum absolute atomic E-state index is 0.319. The van der Waals surface area contributed by atoms with Gasteiger partial charge in [0.15, 0.2) is 11.4 Å². The topological polar surface area (TPSA) is 64.4 Å². The maximum atomic E-state index is 12.2. The molecule has 0 radical (unpaired) electrons. The maximum Gasteiger partial charge on any atom is 0.269 e. The van der Waals surface area contributed by atoms with E-state index in [-0.39, 0.29) is 5.91 Å². The van der Waals surface area contributed by atoms with Gasteiger partial charge in [0.2, 0.25) is 0 Å². The fraction of sp³-hybridized carbons (Fsp3) is 0.286. The molecule has 1 aromatic heterocycles. The second-order valence-electron chi connectivity index (χ2n) is 4.84. The number of nitrogens with zero attached hydrogens (tertiary/aromatic N) is 1. The highest BCUT2D eigenvalue weighted by Crippen LogP contribution is 2.22. The summed E-state index contributed by atoms with van der Waals surface area (Å²) in [6.45, 7) is 5.09. The predicted octanol–water partition coefficient (Wildman–Crippen LogP) is 3.43. The van der Waals surface area contributed by atoms with E-state index in [1.807, 2.05) is 0 Å². The van der Waals surface area contributed by atoms with Crippen LogP contribution in [0.5, 0.6) is 5.75 Å². The van der Waals surface area contributed by atoms with E-state index < -0.39 is 5.60 Å². The van der Waals surface area contributed by atoms with Crippen molar-refractivity contribution in [3.8, 4) is 5.75 Å². The number of aromatic nitrogens is 1. The minimum Gasteiger partial charge on any atom is -0.478 e. The van der Waals surface area contributed by atoms with Crippen LogP contribution in [-0.2, 0) is 4.79 Å². The van der Waals surface area contributed by atoms with Crippen LogP contribution >= 0.6 is 11.6 Å². The fourth-order valence-corrected chi connectivity index (χ4v) is 1.66. The fourth-order valence-electron chi connectivity index (χ4n) is 1.54. The van der Waals surface area contributed by atoms with E-state index in [1.54, 1.807) is 51.1 Å². The normalized spacial score (nSPS) is 11.2. The van der Waals surface area contributed by atoms with Crippen LogP contribution in [0.4, 0.5) is 5.82 Å². The molecule has 2 aromatic rings. The highest BCUT2D eigenvalue weighted by Gasteiger charge is 2.30. The van der Waals surface area contributed by atoms with Gasteiger partial charge < -0.3 is 14.6 Å². The van der Waals surface area contributed by atoms with E-state index in [4.69, 9.17) is 20.9 Å². The number of hydrogen-bond acceptors (Lipinski definition) is 4. The summed E-state index contributed by atoms with van der Waals surface area (Å²) in [5.41, 5.74) is -1.05. The highest BCUT2D eigenvalue weighted by molar-refractivity contribution is 6.30. The van der Waals surface area contributed by atoms with Crippen LogP contribution in [0.15, 0.2) is 34.9 Å². The van der Waals surface area contributed by atoms with Crippen LogP contribution in [0, 0.1) is 6.92 Å². The number of carbonyl (C=O) groups excluding carboxylic acids is 1. The maximum absolute atomic E-state index is 12.2. The largest absolute Gasteiger partial charge is 0.478 e. The summed E-state index contributed by atoms with van der Waals surface area (Å²) >= 11 is 5.80. The van der Waals surface area contributed by atoms with Gasteiger partial charge in [0.1, 0.15) is 11.5 Å². The van der Waals surface area contributed by atoms with Crippen molar-refractivity contribution in [2.45, 2.75) is 26.4 Å². The number of rotatable bonds is 4. The first-order valence-corrected chi connectivity index (χ1v) is 6.44. The molecule has 0 atom stereocenters. The van der Waals surface area contributed by atoms with Gasteiger partial charge in [-0.1, -0.05) is 16.8 Å². The molecule has 1 aromatic carbocycles. The van der Waals surface area contributed by atoms with Crippen molar-refractivity contribution in [2.75, 3.05) is 5.32 Å². The molecule has 0 aliphatic carbocycles. The van der Waals surface area contributed by atoms with Crippen molar-refractivity contribution < 1.29 is 14.1 Å². The monoisotopic (exact) mass is 294 g/mol. The lowest BCUT2D eigenvalue weighted by Gasteiger charge is -2.24. The van der Waals surface area contributed by atoms with Gasteiger partial charge in [-0.05, 0) is 45.0 Å². The number of aryl methyl sites for hydroxylation is 1. The molecule has 1 amide bonds. The van der Waals surface area contributed by atoms with Crippen LogP contribution in [0.25, 0.3) is 0 Å². The molecular formula is C14H15ClN2O3. The van der Waals surface area contributed by atoms with E-state index in [1.165, 1.54) is 0 Å². The van der Waals surface area contributed by atoms with Crippen molar-refractivity contribution >= 4 is 23.3 Å². The van der Waals surface area contributed by atoms with Crippen LogP contribution in [-0.4, -0.2) is 16.7 Å². The van der Waals surface area contributed by atoms with Crippen molar-refractivity contribution in [1.82, 2.24) is 5.16 Å². The lowest BCUT2D eigenvalue weighted by molar-refractivity contribution is -0.128. The molecule has 0 unspecified atom stereocenters. The Labute approximate surface area is 121 Å². The average molecular weight is 295 g/mol. The Balaban J connectivity index is 2.05. The van der Waals surface area contributed by atoms with Gasteiger partial charge in [0.05, 0.1) is 0 Å². The number of carbonyl (C=O) groups is 1. The molecule has 5 nitrogen and oxygen atoms in total. The lowest BCUT2D eigenvalue weighted by Crippen LogP contribution is -2.42. The first-order chi connectivity index (χ1) is 9.37. The van der Waals surface area contributed by atoms with Crippen LogP contribution in [0.3, 0.4) is 0 Å². The molecule has 1 N–H and O–H groups in total. The van der Waals surface area contributed by atoms with E-state index in [0.717, 1.165) is 0 Å². The van der Waals surface area contributed by atoms with Gasteiger partial charge in [-0.2, -0.15) is 0 Å². The number of halogens is 1. The molecule has 0 bridgehead atoms. The zero-order chi connectivity index (χ0) is 14.8. The summed E-state index contributed by atoms with van der Waals surface area (Å²) in [5.74, 6) is 1.23. The van der Waals surface area contributed by atoms with E-state index >= 15 is 0 Å². The highest BCUT2D eigenvalue weighted by atomic mass is 35.5. The van der Waals surface area contributed by atoms with E-state index in [0.29, 0.717) is 22.4 Å². The van der Waals surface area contributed by atoms with Crippen molar-refractivity contribution in [1.29, 1.82) is 0 Å². The molecule has 106 valence electrons. The Morgan fingerprint density at radius 3 is 2.55 bits per heavy atom. The Bertz CT molecular complexity index is 605. The summed E-state index contributed by atoms with van der Waals surface area (Å²) in [6.07, 6.45) is 0. The van der Waals surface area contributed by atoms with Crippen molar-refractivity contribution in [2.24, 2.45) is 0 Å². The third kappa shape index (κ3) is 3.51. The van der Waals surface area contributed by atoms with Gasteiger partial charge in [0.25, 0.3) is 5.91 Å². The van der Waals surface area contributed by atoms with Crippen LogP contribution in [0.1, 0.15) is 19.6 Å². The van der Waals surface area contributed by atoms with Gasteiger partial charge in [-0.25, -0.2) is 0 Å². The van der Waals surface area contributed by atoms with Crippen LogP contribution < -0.4 is 10.1 Å². The van der Waals surface area contributed by atoms with Gasteiger partial charge in [-0.15, -0.1) is 0 Å². The summed E-state index contributed by atoms with van der Waals surface area (Å²) in [4.78, 5) is 12.2. The molecular weight excluding hydrogens is 280 g/mol. The summed E-state index contributed by atoms with van der Waals surface area (Å²) in [5, 5.41) is 6.96. The average Bonchev–Trinajstić information content (AvgIpc) is 2.77. The minimum atomic E-state index is -1.05. The number of ether oxygens (including phenoxy) is 1. The standard InChI is InChI=1S/C14H15ClN2O3/c1-9-8-12(17-20-9)16-13(18)14(2,3)19-11-6-4-10(15)5-7-11/h4-8H,1-3H3,(H,16,17,18). The third-order valence-corrected chi connectivity index (χ3v) is 2.86. The Morgan fingerprint density at radius 1 is 1.35 bits per heavy atom. The van der Waals surface area contributed by atoms with Crippen molar-refractivity contribution in [3.05, 3.63) is 41.1 Å². The first-order valence-electron chi connectivity index (χ1n) is 6.06. The number of benzene rings is 1. The van der Waals surface area contributed by atoms with Crippen LogP contribution in [0.2, 0.25) is 5.02 Å². The van der Waals surface area contributed by atoms with E-state index in [2.05, 4.69) is 10.5 Å². The molecule has 1 heterocycles. The molecule has 20 heavy (non-hydrogen) atoms. The Hall–Kier alpha value is -2.01. The van der Waals surface area contributed by atoms with Gasteiger partial charge in [0, 0.05) is 11.1 Å². The third-order valence-electron chi connectivity index (χ3n) is 2.60. The Kier molecular flexibility index (Phi) is 3.99. The zero-order valence-corrected chi connectivity index (χ0v) is 12.2. The van der Waals surface area contributed by atoms with Crippen molar-refractivity contribution in [3.63, 3.8) is 0 Å². The number of amides is 1. The molecule has 0 saturated heterocycles. The Morgan fingerprint density at radius 2 is 2.00 bits per heavy atom. The van der Waals surface area contributed by atoms with Gasteiger partial charge >= 0.3 is 0 Å². The second kappa shape index (κ2) is 5.54. The zero-order valence-electron chi connectivity index (χ0n) is 11.4. The summed E-state index contributed by atoms with van der Waals surface area (Å²) in [7, 11) is 0. The molecule has 0 spiro atoms. The van der Waals surface area contributed by atoms with E-state index in [9.17, 15) is 4.79 Å². The SMILES string of the molecule is Cc1cc(NC(=O)C(C)(C)Oc2ccc(Cl)cc2)no1. The second-order valence-corrected chi connectivity index (χ2v) is 5.28.